The number of carbonyl (C=O) groups excluding carboxylic acids is 1. The van der Waals surface area contributed by atoms with Gasteiger partial charge in [-0.2, -0.15) is 5.10 Å². The second-order valence-electron chi connectivity index (χ2n) is 5.70. The van der Waals surface area contributed by atoms with Crippen LogP contribution in [0.3, 0.4) is 0 Å². The number of aryl methyl sites for hydroxylation is 1. The summed E-state index contributed by atoms with van der Waals surface area (Å²) < 4.78 is 1.94. The minimum atomic E-state index is -0.244. The van der Waals surface area contributed by atoms with Crippen LogP contribution in [0.2, 0.25) is 5.02 Å². The van der Waals surface area contributed by atoms with Gasteiger partial charge in [0.15, 0.2) is 0 Å². The SMILES string of the molecule is Cn1cccc1-c1cc(C(=O)NCc2nc3ccc(Cl)cc3[nH]2)[nH]n1. The Bertz CT molecular complexity index is 1060. The number of rotatable bonds is 4. The van der Waals surface area contributed by atoms with Crippen LogP contribution in [0.15, 0.2) is 42.6 Å². The average Bonchev–Trinajstić information content (AvgIpc) is 3.30. The van der Waals surface area contributed by atoms with Crippen LogP contribution in [0.4, 0.5) is 0 Å². The van der Waals surface area contributed by atoms with Crippen molar-refractivity contribution in [1.82, 2.24) is 30.0 Å². The molecule has 8 heteroatoms. The van der Waals surface area contributed by atoms with Crippen molar-refractivity contribution in [3.05, 3.63) is 59.1 Å². The van der Waals surface area contributed by atoms with Crippen molar-refractivity contribution in [3.63, 3.8) is 0 Å². The van der Waals surface area contributed by atoms with Crippen molar-refractivity contribution in [3.8, 4) is 11.4 Å². The lowest BCUT2D eigenvalue weighted by Gasteiger charge is -2.00. The Morgan fingerprint density at radius 2 is 2.20 bits per heavy atom. The molecular weight excluding hydrogens is 340 g/mol. The van der Waals surface area contributed by atoms with Gasteiger partial charge in [-0.3, -0.25) is 9.89 Å². The van der Waals surface area contributed by atoms with Gasteiger partial charge in [0.1, 0.15) is 17.2 Å². The molecule has 3 aromatic heterocycles. The van der Waals surface area contributed by atoms with E-state index in [1.54, 1.807) is 18.2 Å². The highest BCUT2D eigenvalue weighted by Crippen LogP contribution is 2.18. The second kappa shape index (κ2) is 6.10. The fourth-order valence-electron chi connectivity index (χ4n) is 2.67. The number of nitrogens with one attached hydrogen (secondary N) is 3. The summed E-state index contributed by atoms with van der Waals surface area (Å²) in [6.07, 6.45) is 1.93. The van der Waals surface area contributed by atoms with Gasteiger partial charge in [-0.05, 0) is 36.4 Å². The molecule has 0 bridgehead atoms. The minimum Gasteiger partial charge on any atom is -0.349 e. The van der Waals surface area contributed by atoms with E-state index in [2.05, 4.69) is 25.5 Å². The molecule has 4 aromatic rings. The topological polar surface area (TPSA) is 91.4 Å². The van der Waals surface area contributed by atoms with E-state index in [4.69, 9.17) is 11.6 Å². The summed E-state index contributed by atoms with van der Waals surface area (Å²) in [7, 11) is 1.93. The number of H-pyrrole nitrogens is 2. The molecule has 0 saturated carbocycles. The first-order valence-corrected chi connectivity index (χ1v) is 8.07. The Morgan fingerprint density at radius 1 is 1.32 bits per heavy atom. The van der Waals surface area contributed by atoms with Crippen LogP contribution in [0.5, 0.6) is 0 Å². The first-order valence-electron chi connectivity index (χ1n) is 7.69. The maximum absolute atomic E-state index is 12.3. The van der Waals surface area contributed by atoms with Gasteiger partial charge in [0, 0.05) is 18.3 Å². The molecule has 126 valence electrons. The Morgan fingerprint density at radius 3 is 3.00 bits per heavy atom. The molecule has 1 aromatic carbocycles. The van der Waals surface area contributed by atoms with Gasteiger partial charge >= 0.3 is 0 Å². The highest BCUT2D eigenvalue weighted by Gasteiger charge is 2.13. The van der Waals surface area contributed by atoms with Gasteiger partial charge in [0.25, 0.3) is 5.91 Å². The van der Waals surface area contributed by atoms with Gasteiger partial charge in [-0.1, -0.05) is 11.6 Å². The van der Waals surface area contributed by atoms with Crippen LogP contribution in [0.25, 0.3) is 22.4 Å². The summed E-state index contributed by atoms with van der Waals surface area (Å²) in [5.41, 5.74) is 3.70. The highest BCUT2D eigenvalue weighted by atomic mass is 35.5. The molecule has 7 nitrogen and oxygen atoms in total. The van der Waals surface area contributed by atoms with Crippen LogP contribution < -0.4 is 5.32 Å². The number of hydrogen-bond acceptors (Lipinski definition) is 3. The lowest BCUT2D eigenvalue weighted by atomic mass is 10.3. The van der Waals surface area contributed by atoms with E-state index >= 15 is 0 Å². The first-order chi connectivity index (χ1) is 12.1. The molecular formula is C17H15ClN6O. The quantitative estimate of drug-likeness (QED) is 0.526. The van der Waals surface area contributed by atoms with E-state index < -0.39 is 0 Å². The monoisotopic (exact) mass is 354 g/mol. The average molecular weight is 355 g/mol. The van der Waals surface area contributed by atoms with Gasteiger partial charge < -0.3 is 14.9 Å². The molecule has 0 fully saturated rings. The lowest BCUT2D eigenvalue weighted by molar-refractivity contribution is 0.0945. The predicted molar refractivity (Wildman–Crippen MR) is 95.3 cm³/mol. The van der Waals surface area contributed by atoms with Gasteiger partial charge in [0.05, 0.1) is 23.3 Å². The van der Waals surface area contributed by atoms with Crippen LogP contribution in [-0.4, -0.2) is 30.6 Å². The Labute approximate surface area is 148 Å². The first kappa shape index (κ1) is 15.5. The zero-order valence-electron chi connectivity index (χ0n) is 13.4. The fourth-order valence-corrected chi connectivity index (χ4v) is 2.85. The molecule has 3 heterocycles. The fraction of sp³-hybridized carbons (Fsp3) is 0.118. The summed E-state index contributed by atoms with van der Waals surface area (Å²) >= 11 is 5.96. The number of carbonyl (C=O) groups is 1. The van der Waals surface area contributed by atoms with Gasteiger partial charge in [0.2, 0.25) is 0 Å². The van der Waals surface area contributed by atoms with E-state index in [1.807, 2.05) is 36.0 Å². The molecule has 0 unspecified atom stereocenters. The number of halogens is 1. The van der Waals surface area contributed by atoms with Crippen LogP contribution in [0, 0.1) is 0 Å². The number of fused-ring (bicyclic) bond motifs is 1. The molecule has 1 amide bonds. The van der Waals surface area contributed by atoms with E-state index in [0.29, 0.717) is 16.5 Å². The third-order valence-electron chi connectivity index (χ3n) is 3.94. The molecule has 25 heavy (non-hydrogen) atoms. The van der Waals surface area contributed by atoms with E-state index in [-0.39, 0.29) is 12.5 Å². The van der Waals surface area contributed by atoms with Crippen LogP contribution in [-0.2, 0) is 13.6 Å². The van der Waals surface area contributed by atoms with Crippen molar-refractivity contribution in [1.29, 1.82) is 0 Å². The molecule has 0 radical (unpaired) electrons. The lowest BCUT2D eigenvalue weighted by Crippen LogP contribution is -2.23. The molecule has 0 aliphatic rings. The van der Waals surface area contributed by atoms with E-state index in [1.165, 1.54) is 0 Å². The molecule has 0 saturated heterocycles. The van der Waals surface area contributed by atoms with Gasteiger partial charge in [-0.25, -0.2) is 4.98 Å². The van der Waals surface area contributed by atoms with Crippen molar-refractivity contribution >= 4 is 28.5 Å². The third-order valence-corrected chi connectivity index (χ3v) is 4.17. The van der Waals surface area contributed by atoms with Gasteiger partial charge in [-0.15, -0.1) is 0 Å². The largest absolute Gasteiger partial charge is 0.349 e. The molecule has 0 spiro atoms. The maximum atomic E-state index is 12.3. The standard InChI is InChI=1S/C17H15ClN6O/c1-24-6-2-3-15(24)13-8-14(23-22-13)17(25)19-9-16-20-11-5-4-10(18)7-12(11)21-16/h2-8H,9H2,1H3,(H,19,25)(H,20,21)(H,22,23). The van der Waals surface area contributed by atoms with Crippen molar-refractivity contribution in [2.75, 3.05) is 0 Å². The summed E-state index contributed by atoms with van der Waals surface area (Å²) in [6.45, 7) is 0.281. The number of nitrogens with zero attached hydrogens (tertiary/aromatic N) is 3. The Kier molecular flexibility index (Phi) is 3.77. The molecule has 0 aliphatic heterocycles. The minimum absolute atomic E-state index is 0.244. The van der Waals surface area contributed by atoms with Crippen molar-refractivity contribution < 1.29 is 4.79 Å². The number of aromatic nitrogens is 5. The zero-order valence-corrected chi connectivity index (χ0v) is 14.1. The molecule has 3 N–H and O–H groups in total. The molecule has 0 atom stereocenters. The number of hydrogen-bond donors (Lipinski definition) is 3. The summed E-state index contributed by atoms with van der Waals surface area (Å²) in [4.78, 5) is 19.9. The molecule has 0 aliphatic carbocycles. The summed E-state index contributed by atoms with van der Waals surface area (Å²) in [5, 5.41) is 10.4. The third kappa shape index (κ3) is 3.01. The Balaban J connectivity index is 1.46. The van der Waals surface area contributed by atoms with Crippen LogP contribution >= 0.6 is 11.6 Å². The van der Waals surface area contributed by atoms with Crippen LogP contribution in [0.1, 0.15) is 16.3 Å². The van der Waals surface area contributed by atoms with Crippen molar-refractivity contribution in [2.24, 2.45) is 7.05 Å². The number of amides is 1. The molecule has 4 rings (SSSR count). The smallest absolute Gasteiger partial charge is 0.269 e. The second-order valence-corrected chi connectivity index (χ2v) is 6.14. The number of aromatic amines is 2. The van der Waals surface area contributed by atoms with Crippen molar-refractivity contribution in [2.45, 2.75) is 6.54 Å². The van der Waals surface area contributed by atoms with E-state index in [9.17, 15) is 4.79 Å². The number of benzene rings is 1. The summed E-state index contributed by atoms with van der Waals surface area (Å²) in [6, 6.07) is 11.0. The number of imidazole rings is 1. The zero-order chi connectivity index (χ0) is 17.4. The summed E-state index contributed by atoms with van der Waals surface area (Å²) in [5.74, 6) is 0.416. The Hall–Kier alpha value is -3.06. The maximum Gasteiger partial charge on any atom is 0.269 e. The predicted octanol–water partition coefficient (Wildman–Crippen LogP) is 2.87. The normalized spacial score (nSPS) is 11.1. The van der Waals surface area contributed by atoms with E-state index in [0.717, 1.165) is 22.4 Å². The highest BCUT2D eigenvalue weighted by molar-refractivity contribution is 6.31.